The Bertz CT molecular complexity index is 779. The third kappa shape index (κ3) is 4.89. The molecular weight excluding hydrogens is 346 g/mol. The Labute approximate surface area is 158 Å². The van der Waals surface area contributed by atoms with Crippen LogP contribution < -0.4 is 10.2 Å². The van der Waals surface area contributed by atoms with Crippen LogP contribution in [-0.2, 0) is 16.0 Å². The molecule has 1 saturated heterocycles. The van der Waals surface area contributed by atoms with E-state index in [9.17, 15) is 9.59 Å². The van der Waals surface area contributed by atoms with E-state index in [1.807, 2.05) is 31.2 Å². The predicted molar refractivity (Wildman–Crippen MR) is 103 cm³/mol. The number of aryl methyl sites for hydroxylation is 1. The van der Waals surface area contributed by atoms with Gasteiger partial charge in [-0.15, -0.1) is 0 Å². The second-order valence-corrected chi connectivity index (χ2v) is 6.48. The number of morpholine rings is 1. The van der Waals surface area contributed by atoms with E-state index in [4.69, 9.17) is 9.15 Å². The highest BCUT2D eigenvalue weighted by atomic mass is 16.5. The fourth-order valence-corrected chi connectivity index (χ4v) is 2.94. The maximum absolute atomic E-state index is 12.3. The van der Waals surface area contributed by atoms with Crippen molar-refractivity contribution in [2.75, 3.05) is 50.1 Å². The van der Waals surface area contributed by atoms with E-state index in [1.165, 1.54) is 4.90 Å². The lowest BCUT2D eigenvalue weighted by atomic mass is 10.2. The topological polar surface area (TPSA) is 75.0 Å². The number of furan rings is 1. The summed E-state index contributed by atoms with van der Waals surface area (Å²) < 4.78 is 10.8. The van der Waals surface area contributed by atoms with Crippen LogP contribution in [0.4, 0.5) is 11.4 Å². The normalized spacial score (nSPS) is 14.1. The highest BCUT2D eigenvalue weighted by molar-refractivity contribution is 5.98. The molecule has 2 heterocycles. The molecule has 1 aliphatic rings. The molecule has 0 atom stereocenters. The zero-order valence-corrected chi connectivity index (χ0v) is 15.7. The second kappa shape index (κ2) is 8.73. The molecule has 1 aromatic carbocycles. The van der Waals surface area contributed by atoms with Crippen LogP contribution in [0.15, 0.2) is 40.8 Å². The number of likely N-dealkylation sites (N-methyl/N-ethyl adjacent to an activating group) is 1. The summed E-state index contributed by atoms with van der Waals surface area (Å²) >= 11 is 0. The molecule has 27 heavy (non-hydrogen) atoms. The third-order valence-corrected chi connectivity index (χ3v) is 4.48. The summed E-state index contributed by atoms with van der Waals surface area (Å²) in [5.41, 5.74) is 1.80. The fourth-order valence-electron chi connectivity index (χ4n) is 2.94. The van der Waals surface area contributed by atoms with Crippen LogP contribution >= 0.6 is 0 Å². The lowest BCUT2D eigenvalue weighted by Gasteiger charge is -2.28. The van der Waals surface area contributed by atoms with E-state index in [0.717, 1.165) is 44.2 Å². The van der Waals surface area contributed by atoms with Crippen LogP contribution in [0.5, 0.6) is 0 Å². The molecule has 0 aliphatic carbocycles. The molecule has 0 saturated carbocycles. The van der Waals surface area contributed by atoms with E-state index in [0.29, 0.717) is 5.69 Å². The van der Waals surface area contributed by atoms with Crippen molar-refractivity contribution in [2.24, 2.45) is 0 Å². The predicted octanol–water partition coefficient (Wildman–Crippen LogP) is 2.39. The van der Waals surface area contributed by atoms with Crippen LogP contribution in [-0.4, -0.2) is 56.6 Å². The van der Waals surface area contributed by atoms with E-state index in [1.54, 1.807) is 19.2 Å². The number of carbonyl (C=O) groups is 2. The maximum atomic E-state index is 12.3. The Morgan fingerprint density at radius 2 is 1.81 bits per heavy atom. The van der Waals surface area contributed by atoms with Gasteiger partial charge >= 0.3 is 0 Å². The minimum atomic E-state index is -0.312. The Balaban J connectivity index is 1.52. The number of carbonyl (C=O) groups excluding carboxylic acids is 2. The molecule has 1 aromatic heterocycles. The lowest BCUT2D eigenvalue weighted by Crippen LogP contribution is -2.36. The number of rotatable bonds is 6. The van der Waals surface area contributed by atoms with E-state index < -0.39 is 0 Å². The highest BCUT2D eigenvalue weighted by Gasteiger charge is 2.18. The van der Waals surface area contributed by atoms with Crippen molar-refractivity contribution < 1.29 is 18.7 Å². The molecule has 0 unspecified atom stereocenters. The zero-order chi connectivity index (χ0) is 19.2. The fraction of sp³-hybridized carbons (Fsp3) is 0.400. The average Bonchev–Trinajstić information content (AvgIpc) is 3.17. The van der Waals surface area contributed by atoms with Gasteiger partial charge in [-0.2, -0.15) is 0 Å². The molecule has 2 amide bonds. The molecule has 144 valence electrons. The number of hydrogen-bond acceptors (Lipinski definition) is 5. The van der Waals surface area contributed by atoms with Crippen molar-refractivity contribution in [1.29, 1.82) is 0 Å². The smallest absolute Gasteiger partial charge is 0.289 e. The summed E-state index contributed by atoms with van der Waals surface area (Å²) in [6, 6.07) is 11.1. The molecule has 1 aliphatic heterocycles. The molecule has 0 spiro atoms. The summed E-state index contributed by atoms with van der Waals surface area (Å²) in [5, 5.41) is 2.82. The first-order valence-electron chi connectivity index (χ1n) is 9.13. The number of nitrogens with one attached hydrogen (secondary N) is 1. The number of hydrogen-bond donors (Lipinski definition) is 1. The molecular formula is C20H25N3O4. The van der Waals surface area contributed by atoms with Gasteiger partial charge in [0.15, 0.2) is 5.76 Å². The Kier molecular flexibility index (Phi) is 6.13. The van der Waals surface area contributed by atoms with Gasteiger partial charge in [-0.05, 0) is 36.4 Å². The van der Waals surface area contributed by atoms with Crippen LogP contribution in [0.3, 0.4) is 0 Å². The lowest BCUT2D eigenvalue weighted by molar-refractivity contribution is -0.116. The zero-order valence-electron chi connectivity index (χ0n) is 15.7. The Morgan fingerprint density at radius 1 is 1.11 bits per heavy atom. The van der Waals surface area contributed by atoms with Crippen molar-refractivity contribution in [1.82, 2.24) is 4.90 Å². The molecule has 0 radical (unpaired) electrons. The van der Waals surface area contributed by atoms with Crippen molar-refractivity contribution >= 4 is 23.2 Å². The summed E-state index contributed by atoms with van der Waals surface area (Å²) in [6.07, 6.45) is 0.720. The maximum Gasteiger partial charge on any atom is 0.289 e. The van der Waals surface area contributed by atoms with Gasteiger partial charge in [0.2, 0.25) is 5.91 Å². The van der Waals surface area contributed by atoms with Gasteiger partial charge in [0.05, 0.1) is 19.8 Å². The van der Waals surface area contributed by atoms with Crippen LogP contribution in [0.1, 0.15) is 23.2 Å². The molecule has 2 aromatic rings. The highest BCUT2D eigenvalue weighted by Crippen LogP contribution is 2.19. The number of ether oxygens (including phenoxy) is 1. The quantitative estimate of drug-likeness (QED) is 0.844. The molecule has 1 N–H and O–H groups in total. The monoisotopic (exact) mass is 371 g/mol. The summed E-state index contributed by atoms with van der Waals surface area (Å²) in [7, 11) is 1.58. The molecule has 7 heteroatoms. The first-order chi connectivity index (χ1) is 13.1. The standard InChI is InChI=1S/C20H25N3O4/c1-3-17-8-9-18(27-17)20(25)22(2)14-19(24)21-15-4-6-16(7-5-15)23-10-12-26-13-11-23/h4-9H,3,10-14H2,1-2H3,(H,21,24). The third-order valence-electron chi connectivity index (χ3n) is 4.48. The Hall–Kier alpha value is -2.80. The minimum Gasteiger partial charge on any atom is -0.456 e. The van der Waals surface area contributed by atoms with Crippen LogP contribution in [0.25, 0.3) is 0 Å². The molecule has 7 nitrogen and oxygen atoms in total. The summed E-state index contributed by atoms with van der Waals surface area (Å²) in [5.74, 6) is 0.424. The summed E-state index contributed by atoms with van der Waals surface area (Å²) in [6.45, 7) is 5.10. The van der Waals surface area contributed by atoms with Gasteiger partial charge in [0.1, 0.15) is 5.76 Å². The van der Waals surface area contributed by atoms with Crippen molar-refractivity contribution in [3.05, 3.63) is 47.9 Å². The number of anilines is 2. The van der Waals surface area contributed by atoms with Crippen molar-refractivity contribution in [3.63, 3.8) is 0 Å². The summed E-state index contributed by atoms with van der Waals surface area (Å²) in [4.78, 5) is 28.2. The van der Waals surface area contributed by atoms with Crippen LogP contribution in [0.2, 0.25) is 0 Å². The number of nitrogens with zero attached hydrogens (tertiary/aromatic N) is 2. The largest absolute Gasteiger partial charge is 0.456 e. The first-order valence-corrected chi connectivity index (χ1v) is 9.13. The minimum absolute atomic E-state index is 0.0494. The Morgan fingerprint density at radius 3 is 2.44 bits per heavy atom. The molecule has 3 rings (SSSR count). The SMILES string of the molecule is CCc1ccc(C(=O)N(C)CC(=O)Nc2ccc(N3CCOCC3)cc2)o1. The average molecular weight is 371 g/mol. The van der Waals surface area contributed by atoms with Gasteiger partial charge < -0.3 is 24.3 Å². The van der Waals surface area contributed by atoms with Gasteiger partial charge in [0, 0.05) is 37.9 Å². The van der Waals surface area contributed by atoms with E-state index in [-0.39, 0.29) is 24.1 Å². The second-order valence-electron chi connectivity index (χ2n) is 6.48. The van der Waals surface area contributed by atoms with Gasteiger partial charge in [-0.25, -0.2) is 0 Å². The molecule has 0 bridgehead atoms. The number of benzene rings is 1. The van der Waals surface area contributed by atoms with Crippen molar-refractivity contribution in [2.45, 2.75) is 13.3 Å². The van der Waals surface area contributed by atoms with Gasteiger partial charge in [0.25, 0.3) is 5.91 Å². The van der Waals surface area contributed by atoms with E-state index in [2.05, 4.69) is 10.2 Å². The number of amides is 2. The van der Waals surface area contributed by atoms with Gasteiger partial charge in [-0.3, -0.25) is 9.59 Å². The van der Waals surface area contributed by atoms with Crippen LogP contribution in [0, 0.1) is 0 Å². The molecule has 1 fully saturated rings. The van der Waals surface area contributed by atoms with Crippen molar-refractivity contribution in [3.8, 4) is 0 Å². The first kappa shape index (κ1) is 19.0. The van der Waals surface area contributed by atoms with Gasteiger partial charge in [-0.1, -0.05) is 6.92 Å². The van der Waals surface area contributed by atoms with E-state index >= 15 is 0 Å².